The predicted octanol–water partition coefficient (Wildman–Crippen LogP) is 2.32. The highest BCUT2D eigenvalue weighted by molar-refractivity contribution is 7.13. The SMILES string of the molecule is O=C(N/N=C/c1cccs1)c1cc(-c2cccs2)[nH]c(=O)n1. The summed E-state index contributed by atoms with van der Waals surface area (Å²) < 4.78 is 0. The minimum Gasteiger partial charge on any atom is -0.305 e. The average molecular weight is 330 g/mol. The summed E-state index contributed by atoms with van der Waals surface area (Å²) in [6.07, 6.45) is 1.54. The first kappa shape index (κ1) is 14.4. The van der Waals surface area contributed by atoms with Gasteiger partial charge in [-0.15, -0.1) is 22.7 Å². The van der Waals surface area contributed by atoms with Gasteiger partial charge in [-0.25, -0.2) is 10.2 Å². The molecule has 0 spiro atoms. The van der Waals surface area contributed by atoms with Gasteiger partial charge in [0.05, 0.1) is 16.8 Å². The second-order valence-electron chi connectivity index (χ2n) is 4.18. The Kier molecular flexibility index (Phi) is 4.22. The second kappa shape index (κ2) is 6.46. The number of nitrogens with one attached hydrogen (secondary N) is 2. The lowest BCUT2D eigenvalue weighted by atomic mass is 10.3. The third-order valence-electron chi connectivity index (χ3n) is 2.66. The number of nitrogens with zero attached hydrogens (tertiary/aromatic N) is 2. The fraction of sp³-hybridized carbons (Fsp3) is 0. The predicted molar refractivity (Wildman–Crippen MR) is 87.5 cm³/mol. The monoisotopic (exact) mass is 330 g/mol. The summed E-state index contributed by atoms with van der Waals surface area (Å²) in [5.74, 6) is -0.531. The highest BCUT2D eigenvalue weighted by Crippen LogP contribution is 2.21. The topological polar surface area (TPSA) is 87.2 Å². The van der Waals surface area contributed by atoms with Crippen LogP contribution in [0.3, 0.4) is 0 Å². The molecule has 0 radical (unpaired) electrons. The summed E-state index contributed by atoms with van der Waals surface area (Å²) in [5, 5.41) is 7.65. The number of H-pyrrole nitrogens is 1. The molecule has 3 rings (SSSR count). The standard InChI is InChI=1S/C14H10N4O2S2/c19-13(18-15-8-9-3-1-5-21-9)11-7-10(16-14(20)17-11)12-4-2-6-22-12/h1-8H,(H,18,19)(H,16,17,20)/b15-8+. The number of aromatic amines is 1. The van der Waals surface area contributed by atoms with Gasteiger partial charge in [0.1, 0.15) is 5.69 Å². The number of hydrogen-bond acceptors (Lipinski definition) is 6. The first-order valence-electron chi connectivity index (χ1n) is 6.24. The van der Waals surface area contributed by atoms with Crippen molar-refractivity contribution in [2.45, 2.75) is 0 Å². The molecular weight excluding hydrogens is 320 g/mol. The molecule has 3 aromatic rings. The molecular formula is C14H10N4O2S2. The third kappa shape index (κ3) is 3.35. The van der Waals surface area contributed by atoms with E-state index in [0.717, 1.165) is 9.75 Å². The van der Waals surface area contributed by atoms with Crippen molar-refractivity contribution in [3.8, 4) is 10.6 Å². The molecule has 0 saturated carbocycles. The van der Waals surface area contributed by atoms with Crippen LogP contribution in [0, 0.1) is 0 Å². The average Bonchev–Trinajstić information content (AvgIpc) is 3.20. The first-order valence-corrected chi connectivity index (χ1v) is 8.00. The lowest BCUT2D eigenvalue weighted by Crippen LogP contribution is -2.23. The molecule has 0 aromatic carbocycles. The number of carbonyl (C=O) groups is 1. The van der Waals surface area contributed by atoms with Crippen LogP contribution in [0.2, 0.25) is 0 Å². The molecule has 110 valence electrons. The van der Waals surface area contributed by atoms with Crippen LogP contribution in [0.4, 0.5) is 0 Å². The van der Waals surface area contributed by atoms with Crippen LogP contribution in [-0.4, -0.2) is 22.1 Å². The zero-order chi connectivity index (χ0) is 15.4. The van der Waals surface area contributed by atoms with E-state index in [2.05, 4.69) is 20.5 Å². The van der Waals surface area contributed by atoms with Gasteiger partial charge in [-0.1, -0.05) is 12.1 Å². The summed E-state index contributed by atoms with van der Waals surface area (Å²) >= 11 is 2.97. The van der Waals surface area contributed by atoms with Crippen LogP contribution < -0.4 is 11.1 Å². The molecule has 3 heterocycles. The van der Waals surface area contributed by atoms with E-state index in [-0.39, 0.29) is 5.69 Å². The molecule has 0 aliphatic heterocycles. The molecule has 0 aliphatic rings. The van der Waals surface area contributed by atoms with Gasteiger partial charge in [0.25, 0.3) is 5.91 Å². The van der Waals surface area contributed by atoms with E-state index in [4.69, 9.17) is 0 Å². The maximum Gasteiger partial charge on any atom is 0.346 e. The van der Waals surface area contributed by atoms with Crippen molar-refractivity contribution in [3.05, 3.63) is 62.1 Å². The van der Waals surface area contributed by atoms with Crippen LogP contribution in [-0.2, 0) is 0 Å². The number of amides is 1. The molecule has 0 atom stereocenters. The molecule has 0 bridgehead atoms. The Hall–Kier alpha value is -2.58. The van der Waals surface area contributed by atoms with Crippen molar-refractivity contribution in [1.82, 2.24) is 15.4 Å². The van der Waals surface area contributed by atoms with E-state index in [9.17, 15) is 9.59 Å². The molecule has 0 saturated heterocycles. The molecule has 8 heteroatoms. The van der Waals surface area contributed by atoms with E-state index in [1.807, 2.05) is 35.0 Å². The van der Waals surface area contributed by atoms with Crippen molar-refractivity contribution in [2.75, 3.05) is 0 Å². The van der Waals surface area contributed by atoms with Gasteiger partial charge in [0, 0.05) is 4.88 Å². The van der Waals surface area contributed by atoms with E-state index in [1.54, 1.807) is 0 Å². The van der Waals surface area contributed by atoms with E-state index < -0.39 is 11.6 Å². The normalized spacial score (nSPS) is 10.9. The van der Waals surface area contributed by atoms with Crippen molar-refractivity contribution in [1.29, 1.82) is 0 Å². The zero-order valence-electron chi connectivity index (χ0n) is 11.1. The van der Waals surface area contributed by atoms with Crippen molar-refractivity contribution in [3.63, 3.8) is 0 Å². The van der Waals surface area contributed by atoms with E-state index in [0.29, 0.717) is 5.69 Å². The Labute approximate surface area is 133 Å². The maximum absolute atomic E-state index is 12.0. The van der Waals surface area contributed by atoms with Crippen LogP contribution in [0.15, 0.2) is 51.0 Å². The highest BCUT2D eigenvalue weighted by Gasteiger charge is 2.10. The fourth-order valence-electron chi connectivity index (χ4n) is 1.72. The van der Waals surface area contributed by atoms with Crippen molar-refractivity contribution >= 4 is 34.8 Å². The Morgan fingerprint density at radius 2 is 2.09 bits per heavy atom. The first-order chi connectivity index (χ1) is 10.7. The maximum atomic E-state index is 12.0. The van der Waals surface area contributed by atoms with Gasteiger partial charge in [0.15, 0.2) is 0 Å². The number of hydrogen-bond donors (Lipinski definition) is 2. The lowest BCUT2D eigenvalue weighted by molar-refractivity contribution is 0.0949. The van der Waals surface area contributed by atoms with Gasteiger partial charge >= 0.3 is 5.69 Å². The zero-order valence-corrected chi connectivity index (χ0v) is 12.8. The van der Waals surface area contributed by atoms with Crippen LogP contribution >= 0.6 is 22.7 Å². The smallest absolute Gasteiger partial charge is 0.305 e. The Morgan fingerprint density at radius 3 is 2.82 bits per heavy atom. The molecule has 1 amide bonds. The molecule has 22 heavy (non-hydrogen) atoms. The number of carbonyl (C=O) groups excluding carboxylic acids is 1. The fourth-order valence-corrected chi connectivity index (χ4v) is 3.00. The second-order valence-corrected chi connectivity index (χ2v) is 6.10. The van der Waals surface area contributed by atoms with Crippen LogP contribution in [0.1, 0.15) is 15.4 Å². The molecule has 0 unspecified atom stereocenters. The number of aromatic nitrogens is 2. The summed E-state index contributed by atoms with van der Waals surface area (Å²) in [6.45, 7) is 0. The van der Waals surface area contributed by atoms with E-state index >= 15 is 0 Å². The van der Waals surface area contributed by atoms with Crippen LogP contribution in [0.5, 0.6) is 0 Å². The number of rotatable bonds is 4. The molecule has 6 nitrogen and oxygen atoms in total. The number of thiophene rings is 2. The minimum atomic E-state index is -0.571. The largest absolute Gasteiger partial charge is 0.346 e. The third-order valence-corrected chi connectivity index (χ3v) is 4.38. The Morgan fingerprint density at radius 1 is 1.27 bits per heavy atom. The molecule has 0 fully saturated rings. The van der Waals surface area contributed by atoms with Crippen LogP contribution in [0.25, 0.3) is 10.6 Å². The number of hydrazone groups is 1. The van der Waals surface area contributed by atoms with Crippen molar-refractivity contribution in [2.24, 2.45) is 5.10 Å². The summed E-state index contributed by atoms with van der Waals surface area (Å²) in [5.41, 5.74) is 2.37. The Balaban J connectivity index is 1.79. The highest BCUT2D eigenvalue weighted by atomic mass is 32.1. The van der Waals surface area contributed by atoms with Gasteiger partial charge in [0.2, 0.25) is 0 Å². The van der Waals surface area contributed by atoms with Gasteiger partial charge in [-0.3, -0.25) is 4.79 Å². The molecule has 3 aromatic heterocycles. The van der Waals surface area contributed by atoms with Gasteiger partial charge < -0.3 is 4.98 Å². The quantitative estimate of drug-likeness (QED) is 0.568. The van der Waals surface area contributed by atoms with Gasteiger partial charge in [-0.05, 0) is 29.0 Å². The molecule has 2 N–H and O–H groups in total. The molecule has 0 aliphatic carbocycles. The van der Waals surface area contributed by atoms with Gasteiger partial charge in [-0.2, -0.15) is 10.1 Å². The van der Waals surface area contributed by atoms with E-state index in [1.165, 1.54) is 35.0 Å². The summed E-state index contributed by atoms with van der Waals surface area (Å²) in [6, 6.07) is 9.01. The Bertz CT molecular complexity index is 851. The lowest BCUT2D eigenvalue weighted by Gasteiger charge is -2.01. The minimum absolute atomic E-state index is 0.0236. The summed E-state index contributed by atoms with van der Waals surface area (Å²) in [4.78, 5) is 31.7. The summed E-state index contributed by atoms with van der Waals surface area (Å²) in [7, 11) is 0. The van der Waals surface area contributed by atoms with Crippen molar-refractivity contribution < 1.29 is 4.79 Å².